The van der Waals surface area contributed by atoms with Crippen LogP contribution in [0.2, 0.25) is 13.1 Å². The Kier molecular flexibility index (Phi) is 3.34. The van der Waals surface area contributed by atoms with Crippen molar-refractivity contribution in [3.05, 3.63) is 24.3 Å². The van der Waals surface area contributed by atoms with Gasteiger partial charge in [-0.15, -0.1) is 0 Å². The van der Waals surface area contributed by atoms with Gasteiger partial charge in [0, 0.05) is 11.7 Å². The van der Waals surface area contributed by atoms with Gasteiger partial charge in [0.2, 0.25) is 8.32 Å². The molecule has 14 heavy (non-hydrogen) atoms. The Morgan fingerprint density at radius 2 is 1.79 bits per heavy atom. The van der Waals surface area contributed by atoms with Crippen LogP contribution in [0.25, 0.3) is 0 Å². The van der Waals surface area contributed by atoms with E-state index in [4.69, 9.17) is 0 Å². The fraction of sp³-hybridized carbons (Fsp3) is 0.455. The molecule has 0 aliphatic carbocycles. The summed E-state index contributed by atoms with van der Waals surface area (Å²) in [5.41, 5.74) is 1.07. The third kappa shape index (κ3) is 2.85. The third-order valence-corrected chi connectivity index (χ3v) is 3.78. The van der Waals surface area contributed by atoms with Crippen LogP contribution in [0.15, 0.2) is 24.3 Å². The monoisotopic (exact) mass is 209 g/mol. The quantitative estimate of drug-likeness (QED) is 0.745. The van der Waals surface area contributed by atoms with Gasteiger partial charge >= 0.3 is 0 Å². The van der Waals surface area contributed by atoms with E-state index in [-0.39, 0.29) is 0 Å². The van der Waals surface area contributed by atoms with E-state index in [1.807, 2.05) is 37.4 Å². The molecule has 0 amide bonds. The molecule has 0 saturated heterocycles. The molecule has 0 aromatic heterocycles. The minimum atomic E-state index is -2.21. The first-order valence-electron chi connectivity index (χ1n) is 4.99. The van der Waals surface area contributed by atoms with Crippen molar-refractivity contribution in [3.63, 3.8) is 0 Å². The van der Waals surface area contributed by atoms with Crippen molar-refractivity contribution >= 4 is 19.2 Å². The van der Waals surface area contributed by atoms with E-state index in [0.29, 0.717) is 6.04 Å². The number of hydrogen-bond acceptors (Lipinski definition) is 2. The zero-order chi connectivity index (χ0) is 10.8. The molecule has 3 heteroatoms. The number of para-hydroxylation sites is 1. The normalized spacial score (nSPS) is 11.9. The second-order valence-electron chi connectivity index (χ2n) is 4.40. The van der Waals surface area contributed by atoms with Crippen LogP contribution in [0, 0.1) is 0 Å². The molecule has 0 radical (unpaired) electrons. The van der Waals surface area contributed by atoms with Crippen LogP contribution in [-0.4, -0.2) is 19.2 Å². The number of hydrogen-bond donors (Lipinski definition) is 2. The smallest absolute Gasteiger partial charge is 0.216 e. The first-order valence-corrected chi connectivity index (χ1v) is 7.94. The number of anilines is 1. The fourth-order valence-corrected chi connectivity index (χ4v) is 2.77. The standard InChI is InChI=1S/C11H19NOSi/c1-9(2)12-10-7-5-6-8-11(10)14(3,4)13/h5-9,12-13H,1-4H3. The average molecular weight is 209 g/mol. The lowest BCUT2D eigenvalue weighted by atomic mass is 10.3. The van der Waals surface area contributed by atoms with Crippen molar-refractivity contribution < 1.29 is 4.80 Å². The van der Waals surface area contributed by atoms with Gasteiger partial charge in [-0.3, -0.25) is 0 Å². The lowest BCUT2D eigenvalue weighted by Gasteiger charge is -2.21. The largest absolute Gasteiger partial charge is 0.428 e. The number of benzene rings is 1. The molecule has 2 N–H and O–H groups in total. The molecule has 1 aromatic carbocycles. The summed E-state index contributed by atoms with van der Waals surface area (Å²) in [7, 11) is -2.21. The Hall–Kier alpha value is -0.803. The second kappa shape index (κ2) is 4.15. The predicted molar refractivity (Wildman–Crippen MR) is 64.5 cm³/mol. The second-order valence-corrected chi connectivity index (χ2v) is 8.06. The maximum Gasteiger partial charge on any atom is 0.216 e. The summed E-state index contributed by atoms with van der Waals surface area (Å²) >= 11 is 0. The van der Waals surface area contributed by atoms with Gasteiger partial charge < -0.3 is 10.1 Å². The van der Waals surface area contributed by atoms with E-state index >= 15 is 0 Å². The molecule has 0 spiro atoms. The molecule has 0 bridgehead atoms. The molecule has 0 fully saturated rings. The van der Waals surface area contributed by atoms with Crippen LogP contribution in [0.5, 0.6) is 0 Å². The van der Waals surface area contributed by atoms with Gasteiger partial charge in [-0.2, -0.15) is 0 Å². The van der Waals surface area contributed by atoms with Crippen LogP contribution >= 0.6 is 0 Å². The Morgan fingerprint density at radius 1 is 1.21 bits per heavy atom. The first kappa shape index (κ1) is 11.3. The lowest BCUT2D eigenvalue weighted by Crippen LogP contribution is -2.43. The van der Waals surface area contributed by atoms with Gasteiger partial charge in [-0.05, 0) is 38.2 Å². The van der Waals surface area contributed by atoms with Crippen molar-refractivity contribution in [2.45, 2.75) is 33.0 Å². The van der Waals surface area contributed by atoms with Crippen LogP contribution in [0.4, 0.5) is 5.69 Å². The minimum Gasteiger partial charge on any atom is -0.428 e. The summed E-state index contributed by atoms with van der Waals surface area (Å²) in [5.74, 6) is 0. The van der Waals surface area contributed by atoms with Crippen molar-refractivity contribution in [2.24, 2.45) is 0 Å². The topological polar surface area (TPSA) is 32.3 Å². The van der Waals surface area contributed by atoms with E-state index in [1.165, 1.54) is 0 Å². The molecular formula is C11H19NOSi. The van der Waals surface area contributed by atoms with E-state index in [2.05, 4.69) is 19.2 Å². The van der Waals surface area contributed by atoms with Crippen molar-refractivity contribution in [3.8, 4) is 0 Å². The van der Waals surface area contributed by atoms with Crippen molar-refractivity contribution in [1.82, 2.24) is 0 Å². The molecular weight excluding hydrogens is 190 g/mol. The number of rotatable bonds is 3. The van der Waals surface area contributed by atoms with E-state index < -0.39 is 8.32 Å². The molecule has 0 aliphatic rings. The summed E-state index contributed by atoms with van der Waals surface area (Å²) in [4.78, 5) is 10.1. The van der Waals surface area contributed by atoms with Crippen LogP contribution < -0.4 is 10.5 Å². The van der Waals surface area contributed by atoms with Gasteiger partial charge in [0.1, 0.15) is 0 Å². The molecule has 0 aliphatic heterocycles. The highest BCUT2D eigenvalue weighted by Crippen LogP contribution is 2.10. The van der Waals surface area contributed by atoms with E-state index in [9.17, 15) is 4.80 Å². The van der Waals surface area contributed by atoms with E-state index in [1.54, 1.807) is 0 Å². The molecule has 78 valence electrons. The van der Waals surface area contributed by atoms with Gasteiger partial charge in [0.15, 0.2) is 0 Å². The van der Waals surface area contributed by atoms with Crippen molar-refractivity contribution in [1.29, 1.82) is 0 Å². The highest BCUT2D eigenvalue weighted by atomic mass is 28.4. The maximum absolute atomic E-state index is 10.1. The zero-order valence-electron chi connectivity index (χ0n) is 9.33. The molecule has 0 atom stereocenters. The van der Waals surface area contributed by atoms with Crippen LogP contribution in [0.1, 0.15) is 13.8 Å². The third-order valence-electron chi connectivity index (χ3n) is 2.03. The van der Waals surface area contributed by atoms with Crippen molar-refractivity contribution in [2.75, 3.05) is 5.32 Å². The first-order chi connectivity index (χ1) is 6.41. The Labute approximate surface area is 87.1 Å². The van der Waals surface area contributed by atoms with Gasteiger partial charge in [0.25, 0.3) is 0 Å². The minimum absolute atomic E-state index is 0.396. The Morgan fingerprint density at radius 3 is 2.29 bits per heavy atom. The maximum atomic E-state index is 10.1. The predicted octanol–water partition coefficient (Wildman–Crippen LogP) is 1.91. The fourth-order valence-electron chi connectivity index (χ4n) is 1.45. The molecule has 2 nitrogen and oxygen atoms in total. The average Bonchev–Trinajstić information content (AvgIpc) is 2.01. The van der Waals surface area contributed by atoms with Crippen LogP contribution in [-0.2, 0) is 0 Å². The summed E-state index contributed by atoms with van der Waals surface area (Å²) < 4.78 is 0. The molecule has 0 heterocycles. The Bertz CT molecular complexity index is 304. The molecule has 0 saturated carbocycles. The summed E-state index contributed by atoms with van der Waals surface area (Å²) in [6.07, 6.45) is 0. The van der Waals surface area contributed by atoms with Gasteiger partial charge in [0.05, 0.1) is 0 Å². The van der Waals surface area contributed by atoms with Gasteiger partial charge in [-0.25, -0.2) is 0 Å². The SMILES string of the molecule is CC(C)Nc1ccccc1[Si](C)(C)O. The molecule has 1 rings (SSSR count). The number of nitrogens with one attached hydrogen (secondary N) is 1. The van der Waals surface area contributed by atoms with Crippen LogP contribution in [0.3, 0.4) is 0 Å². The Balaban J connectivity index is 3.04. The van der Waals surface area contributed by atoms with E-state index in [0.717, 1.165) is 10.9 Å². The molecule has 1 aromatic rings. The highest BCUT2D eigenvalue weighted by molar-refractivity contribution is 6.84. The summed E-state index contributed by atoms with van der Waals surface area (Å²) in [6.45, 7) is 8.08. The summed E-state index contributed by atoms with van der Waals surface area (Å²) in [6, 6.07) is 8.41. The summed E-state index contributed by atoms with van der Waals surface area (Å²) in [5, 5.41) is 4.43. The zero-order valence-corrected chi connectivity index (χ0v) is 10.3. The lowest BCUT2D eigenvalue weighted by molar-refractivity contribution is 0.568. The van der Waals surface area contributed by atoms with Gasteiger partial charge in [-0.1, -0.05) is 18.2 Å². The molecule has 0 unspecified atom stereocenters. The highest BCUT2D eigenvalue weighted by Gasteiger charge is 2.23.